The van der Waals surface area contributed by atoms with E-state index in [2.05, 4.69) is 10.3 Å². The molecule has 0 spiro atoms. The highest BCUT2D eigenvalue weighted by molar-refractivity contribution is 5.98. The van der Waals surface area contributed by atoms with Gasteiger partial charge in [0.2, 0.25) is 0 Å². The summed E-state index contributed by atoms with van der Waals surface area (Å²) in [7, 11) is 1.58. The van der Waals surface area contributed by atoms with Crippen LogP contribution >= 0.6 is 0 Å². The fraction of sp³-hybridized carbons (Fsp3) is 0.143. The number of amides is 1. The number of nitrogens with two attached hydrogens (primary N) is 2. The maximum atomic E-state index is 11.3. The van der Waals surface area contributed by atoms with Crippen LogP contribution in [0, 0.1) is 6.92 Å². The lowest BCUT2D eigenvalue weighted by Crippen LogP contribution is -2.14. The molecule has 0 aliphatic carbocycles. The van der Waals surface area contributed by atoms with E-state index in [1.807, 2.05) is 25.1 Å². The van der Waals surface area contributed by atoms with Crippen LogP contribution in [0.3, 0.4) is 0 Å². The number of nitrogen functional groups attached to an aromatic ring is 1. The third kappa shape index (κ3) is 2.80. The van der Waals surface area contributed by atoms with Gasteiger partial charge in [-0.05, 0) is 30.7 Å². The van der Waals surface area contributed by atoms with E-state index in [4.69, 9.17) is 16.2 Å². The molecule has 0 aliphatic rings. The lowest BCUT2D eigenvalue weighted by molar-refractivity contribution is 0.100. The van der Waals surface area contributed by atoms with Gasteiger partial charge < -0.3 is 21.5 Å². The number of aromatic nitrogens is 1. The molecule has 0 bridgehead atoms. The van der Waals surface area contributed by atoms with E-state index in [9.17, 15) is 4.79 Å². The van der Waals surface area contributed by atoms with Crippen LogP contribution in [0.25, 0.3) is 0 Å². The molecule has 2 aromatic rings. The third-order valence-corrected chi connectivity index (χ3v) is 2.82. The normalized spacial score (nSPS) is 10.1. The Morgan fingerprint density at radius 1 is 1.35 bits per heavy atom. The van der Waals surface area contributed by atoms with Crippen molar-refractivity contribution in [2.75, 3.05) is 18.2 Å². The first-order valence-electron chi connectivity index (χ1n) is 5.98. The monoisotopic (exact) mass is 272 g/mol. The molecule has 2 rings (SSSR count). The van der Waals surface area contributed by atoms with Crippen molar-refractivity contribution >= 4 is 23.1 Å². The van der Waals surface area contributed by atoms with Crippen LogP contribution in [0.1, 0.15) is 15.9 Å². The number of ether oxygens (including phenoxy) is 1. The predicted octanol–water partition coefficient (Wildman–Crippen LogP) is 1.82. The van der Waals surface area contributed by atoms with E-state index in [1.54, 1.807) is 7.11 Å². The number of anilines is 3. The topological polar surface area (TPSA) is 103 Å². The van der Waals surface area contributed by atoms with Crippen molar-refractivity contribution in [3.63, 3.8) is 0 Å². The molecule has 20 heavy (non-hydrogen) atoms. The second kappa shape index (κ2) is 5.48. The average Bonchev–Trinajstić information content (AvgIpc) is 2.41. The third-order valence-electron chi connectivity index (χ3n) is 2.82. The first-order valence-corrected chi connectivity index (χ1v) is 5.98. The summed E-state index contributed by atoms with van der Waals surface area (Å²) < 4.78 is 5.27. The van der Waals surface area contributed by atoms with E-state index < -0.39 is 5.91 Å². The second-order valence-electron chi connectivity index (χ2n) is 4.35. The number of nitrogens with zero attached hydrogens (tertiary/aromatic N) is 1. The number of rotatable bonds is 4. The molecule has 1 amide bonds. The smallest absolute Gasteiger partial charge is 0.250 e. The van der Waals surface area contributed by atoms with Crippen LogP contribution in [-0.4, -0.2) is 18.0 Å². The number of hydrogen-bond donors (Lipinski definition) is 3. The summed E-state index contributed by atoms with van der Waals surface area (Å²) in [6.07, 6.45) is 1.39. The van der Waals surface area contributed by atoms with Crippen LogP contribution in [0.4, 0.5) is 17.2 Å². The number of aryl methyl sites for hydroxylation is 1. The number of hydrogen-bond acceptors (Lipinski definition) is 5. The van der Waals surface area contributed by atoms with Crippen molar-refractivity contribution < 1.29 is 9.53 Å². The number of methoxy groups -OCH3 is 1. The first-order chi connectivity index (χ1) is 9.51. The van der Waals surface area contributed by atoms with E-state index >= 15 is 0 Å². The zero-order valence-electron chi connectivity index (χ0n) is 11.3. The Bertz CT molecular complexity index is 656. The Hall–Kier alpha value is -2.76. The quantitative estimate of drug-likeness (QED) is 0.787. The highest BCUT2D eigenvalue weighted by Crippen LogP contribution is 2.28. The highest BCUT2D eigenvalue weighted by Gasteiger charge is 2.10. The van der Waals surface area contributed by atoms with Crippen molar-refractivity contribution in [1.29, 1.82) is 0 Å². The predicted molar refractivity (Wildman–Crippen MR) is 78.2 cm³/mol. The van der Waals surface area contributed by atoms with Crippen LogP contribution < -0.4 is 21.5 Å². The Morgan fingerprint density at radius 2 is 2.10 bits per heavy atom. The Kier molecular flexibility index (Phi) is 3.74. The van der Waals surface area contributed by atoms with Crippen LogP contribution in [0.5, 0.6) is 5.75 Å². The SMILES string of the molecule is COc1ccc(C)cc1Nc1cc(C(N)=O)c(N)cn1. The number of nitrogens with one attached hydrogen (secondary N) is 1. The molecule has 0 fully saturated rings. The fourth-order valence-electron chi connectivity index (χ4n) is 1.81. The van der Waals surface area contributed by atoms with E-state index in [0.717, 1.165) is 11.3 Å². The number of primary amides is 1. The van der Waals surface area contributed by atoms with Crippen LogP contribution in [0.2, 0.25) is 0 Å². The Labute approximate surface area is 116 Å². The molecule has 1 heterocycles. The maximum absolute atomic E-state index is 11.3. The minimum Gasteiger partial charge on any atom is -0.495 e. The van der Waals surface area contributed by atoms with Gasteiger partial charge in [-0.1, -0.05) is 6.07 Å². The molecule has 0 aliphatic heterocycles. The lowest BCUT2D eigenvalue weighted by Gasteiger charge is -2.12. The summed E-state index contributed by atoms with van der Waals surface area (Å²) in [5, 5.41) is 3.09. The van der Waals surface area contributed by atoms with Crippen molar-refractivity contribution in [2.45, 2.75) is 6.92 Å². The van der Waals surface area contributed by atoms with Gasteiger partial charge in [0.05, 0.1) is 30.2 Å². The average molecular weight is 272 g/mol. The summed E-state index contributed by atoms with van der Waals surface area (Å²) >= 11 is 0. The molecule has 104 valence electrons. The zero-order valence-corrected chi connectivity index (χ0v) is 11.3. The van der Waals surface area contributed by atoms with Gasteiger partial charge in [-0.15, -0.1) is 0 Å². The summed E-state index contributed by atoms with van der Waals surface area (Å²) in [5.41, 5.74) is 13.2. The fourth-order valence-corrected chi connectivity index (χ4v) is 1.81. The van der Waals surface area contributed by atoms with Crippen LogP contribution in [-0.2, 0) is 0 Å². The van der Waals surface area contributed by atoms with Crippen molar-refractivity contribution in [3.8, 4) is 5.75 Å². The van der Waals surface area contributed by atoms with Gasteiger partial charge in [0.1, 0.15) is 11.6 Å². The molecule has 0 atom stereocenters. The Balaban J connectivity index is 2.37. The van der Waals surface area contributed by atoms with Crippen molar-refractivity contribution in [3.05, 3.63) is 41.6 Å². The lowest BCUT2D eigenvalue weighted by atomic mass is 10.2. The molecule has 0 saturated carbocycles. The van der Waals surface area contributed by atoms with Gasteiger partial charge >= 0.3 is 0 Å². The summed E-state index contributed by atoms with van der Waals surface area (Å²) in [5.74, 6) is 0.552. The molecule has 5 N–H and O–H groups in total. The minimum absolute atomic E-state index is 0.231. The molecular weight excluding hydrogens is 256 g/mol. The summed E-state index contributed by atoms with van der Waals surface area (Å²) in [6, 6.07) is 7.22. The number of carbonyl (C=O) groups is 1. The van der Waals surface area contributed by atoms with E-state index in [1.165, 1.54) is 12.3 Å². The molecule has 1 aromatic heterocycles. The van der Waals surface area contributed by atoms with Gasteiger partial charge in [-0.2, -0.15) is 0 Å². The van der Waals surface area contributed by atoms with Gasteiger partial charge in [0.15, 0.2) is 0 Å². The van der Waals surface area contributed by atoms with E-state index in [-0.39, 0.29) is 11.3 Å². The molecule has 1 aromatic carbocycles. The number of benzene rings is 1. The van der Waals surface area contributed by atoms with Crippen LogP contribution in [0.15, 0.2) is 30.5 Å². The second-order valence-corrected chi connectivity index (χ2v) is 4.35. The molecule has 0 unspecified atom stereocenters. The Morgan fingerprint density at radius 3 is 2.75 bits per heavy atom. The summed E-state index contributed by atoms with van der Waals surface area (Å²) in [6.45, 7) is 1.97. The molecule has 6 heteroatoms. The van der Waals surface area contributed by atoms with Gasteiger partial charge in [0, 0.05) is 0 Å². The largest absolute Gasteiger partial charge is 0.495 e. The van der Waals surface area contributed by atoms with E-state index in [0.29, 0.717) is 11.6 Å². The highest BCUT2D eigenvalue weighted by atomic mass is 16.5. The standard InChI is InChI=1S/C14H16N4O2/c1-8-3-4-12(20-2)11(5-8)18-13-6-9(14(16)19)10(15)7-17-13/h3-7H,15H2,1-2H3,(H2,16,19)(H,17,18). The summed E-state index contributed by atoms with van der Waals surface area (Å²) in [4.78, 5) is 15.4. The van der Waals surface area contributed by atoms with Gasteiger partial charge in [-0.3, -0.25) is 4.79 Å². The van der Waals surface area contributed by atoms with Crippen molar-refractivity contribution in [1.82, 2.24) is 4.98 Å². The molecule has 0 radical (unpaired) electrons. The number of pyridine rings is 1. The number of carbonyl (C=O) groups excluding carboxylic acids is 1. The molecule has 0 saturated heterocycles. The van der Waals surface area contributed by atoms with Crippen molar-refractivity contribution in [2.24, 2.45) is 5.73 Å². The van der Waals surface area contributed by atoms with Gasteiger partial charge in [-0.25, -0.2) is 4.98 Å². The van der Waals surface area contributed by atoms with Gasteiger partial charge in [0.25, 0.3) is 5.91 Å². The zero-order chi connectivity index (χ0) is 14.7. The minimum atomic E-state index is -0.593. The maximum Gasteiger partial charge on any atom is 0.250 e. The molecule has 6 nitrogen and oxygen atoms in total. The first kappa shape index (κ1) is 13.7. The molecular formula is C14H16N4O2.